The van der Waals surface area contributed by atoms with Gasteiger partial charge in [-0.15, -0.1) is 0 Å². The molecule has 0 aliphatic heterocycles. The van der Waals surface area contributed by atoms with Crippen molar-refractivity contribution in [3.05, 3.63) is 34.3 Å². The van der Waals surface area contributed by atoms with Gasteiger partial charge in [-0.2, -0.15) is 0 Å². The summed E-state index contributed by atoms with van der Waals surface area (Å²) in [6, 6.07) is 8.45. The van der Waals surface area contributed by atoms with E-state index in [1.165, 1.54) is 24.9 Å². The molecule has 18 heavy (non-hydrogen) atoms. The van der Waals surface area contributed by atoms with Crippen LogP contribution in [-0.2, 0) is 0 Å². The standard InChI is InChI=1S/C15H25BrN2/c1-3-5-10-18(4-2)11-9-15(17)13-7-6-8-14(16)12-13/h6-8,12,15H,3-5,9-11,17H2,1-2H3. The first kappa shape index (κ1) is 15.7. The number of unbranched alkanes of at least 4 members (excludes halogenated alkanes) is 1. The maximum absolute atomic E-state index is 6.25. The summed E-state index contributed by atoms with van der Waals surface area (Å²) in [5.41, 5.74) is 7.47. The molecule has 102 valence electrons. The molecule has 0 fully saturated rings. The van der Waals surface area contributed by atoms with Crippen molar-refractivity contribution in [1.82, 2.24) is 4.90 Å². The normalized spacial score (nSPS) is 12.9. The Balaban J connectivity index is 2.42. The summed E-state index contributed by atoms with van der Waals surface area (Å²) >= 11 is 3.49. The largest absolute Gasteiger partial charge is 0.324 e. The highest BCUT2D eigenvalue weighted by Gasteiger charge is 2.09. The van der Waals surface area contributed by atoms with Crippen molar-refractivity contribution in [3.8, 4) is 0 Å². The number of rotatable bonds is 8. The van der Waals surface area contributed by atoms with E-state index in [1.54, 1.807) is 0 Å². The Labute approximate surface area is 120 Å². The van der Waals surface area contributed by atoms with Crippen LogP contribution < -0.4 is 5.73 Å². The fourth-order valence-electron chi connectivity index (χ4n) is 2.04. The van der Waals surface area contributed by atoms with Gasteiger partial charge in [0.25, 0.3) is 0 Å². The molecule has 1 aromatic rings. The van der Waals surface area contributed by atoms with Crippen molar-refractivity contribution in [2.75, 3.05) is 19.6 Å². The summed E-state index contributed by atoms with van der Waals surface area (Å²) in [4.78, 5) is 2.49. The molecule has 0 saturated heterocycles. The van der Waals surface area contributed by atoms with Gasteiger partial charge in [0.15, 0.2) is 0 Å². The molecule has 1 unspecified atom stereocenters. The van der Waals surface area contributed by atoms with E-state index >= 15 is 0 Å². The van der Waals surface area contributed by atoms with Gasteiger partial charge in [-0.1, -0.05) is 48.3 Å². The first-order chi connectivity index (χ1) is 8.67. The van der Waals surface area contributed by atoms with Gasteiger partial charge < -0.3 is 10.6 Å². The van der Waals surface area contributed by atoms with Crippen LogP contribution >= 0.6 is 15.9 Å². The van der Waals surface area contributed by atoms with Gasteiger partial charge in [-0.25, -0.2) is 0 Å². The summed E-state index contributed by atoms with van der Waals surface area (Å²) in [7, 11) is 0. The Morgan fingerprint density at radius 2 is 2.06 bits per heavy atom. The number of nitrogens with zero attached hydrogens (tertiary/aromatic N) is 1. The topological polar surface area (TPSA) is 29.3 Å². The van der Waals surface area contributed by atoms with Crippen molar-refractivity contribution in [1.29, 1.82) is 0 Å². The summed E-state index contributed by atoms with van der Waals surface area (Å²) in [5.74, 6) is 0. The van der Waals surface area contributed by atoms with Gasteiger partial charge in [-0.3, -0.25) is 0 Å². The molecule has 2 N–H and O–H groups in total. The van der Waals surface area contributed by atoms with Crippen LogP contribution in [0.4, 0.5) is 0 Å². The van der Waals surface area contributed by atoms with E-state index < -0.39 is 0 Å². The molecule has 1 rings (SSSR count). The quantitative estimate of drug-likeness (QED) is 0.787. The molecule has 0 saturated carbocycles. The molecule has 0 aromatic heterocycles. The highest BCUT2D eigenvalue weighted by atomic mass is 79.9. The van der Waals surface area contributed by atoms with E-state index in [0.29, 0.717) is 0 Å². The molecule has 0 heterocycles. The minimum atomic E-state index is 0.137. The van der Waals surface area contributed by atoms with Crippen LogP contribution in [0.2, 0.25) is 0 Å². The smallest absolute Gasteiger partial charge is 0.0307 e. The second-order valence-electron chi connectivity index (χ2n) is 4.74. The number of halogens is 1. The lowest BCUT2D eigenvalue weighted by atomic mass is 10.0. The van der Waals surface area contributed by atoms with Crippen LogP contribution in [0.15, 0.2) is 28.7 Å². The van der Waals surface area contributed by atoms with E-state index in [4.69, 9.17) is 5.73 Å². The summed E-state index contributed by atoms with van der Waals surface area (Å²) in [6.07, 6.45) is 3.56. The van der Waals surface area contributed by atoms with E-state index in [9.17, 15) is 0 Å². The van der Waals surface area contributed by atoms with E-state index in [1.807, 2.05) is 12.1 Å². The third-order valence-electron chi connectivity index (χ3n) is 3.31. The van der Waals surface area contributed by atoms with Crippen LogP contribution in [0, 0.1) is 0 Å². The van der Waals surface area contributed by atoms with Crippen LogP contribution in [-0.4, -0.2) is 24.5 Å². The lowest BCUT2D eigenvalue weighted by Crippen LogP contribution is -2.28. The SMILES string of the molecule is CCCCN(CC)CCC(N)c1cccc(Br)c1. The fourth-order valence-corrected chi connectivity index (χ4v) is 2.45. The number of benzene rings is 1. The van der Waals surface area contributed by atoms with Gasteiger partial charge in [0, 0.05) is 10.5 Å². The Kier molecular flexibility index (Phi) is 7.56. The molecule has 0 aliphatic rings. The van der Waals surface area contributed by atoms with Gasteiger partial charge in [0.05, 0.1) is 0 Å². The zero-order valence-corrected chi connectivity index (χ0v) is 13.1. The Morgan fingerprint density at radius 3 is 2.67 bits per heavy atom. The Morgan fingerprint density at radius 1 is 1.28 bits per heavy atom. The summed E-state index contributed by atoms with van der Waals surface area (Å²) in [6.45, 7) is 7.86. The fraction of sp³-hybridized carbons (Fsp3) is 0.600. The first-order valence-electron chi connectivity index (χ1n) is 6.90. The van der Waals surface area contributed by atoms with Crippen molar-refractivity contribution in [2.45, 2.75) is 39.2 Å². The lowest BCUT2D eigenvalue weighted by molar-refractivity contribution is 0.272. The second kappa shape index (κ2) is 8.68. The monoisotopic (exact) mass is 312 g/mol. The highest BCUT2D eigenvalue weighted by Crippen LogP contribution is 2.19. The molecule has 0 amide bonds. The van der Waals surface area contributed by atoms with E-state index in [0.717, 1.165) is 24.0 Å². The molecule has 3 heteroatoms. The molecular formula is C15H25BrN2. The van der Waals surface area contributed by atoms with Crippen molar-refractivity contribution in [3.63, 3.8) is 0 Å². The number of nitrogens with two attached hydrogens (primary N) is 1. The predicted octanol–water partition coefficient (Wildman–Crippen LogP) is 3.96. The molecule has 2 nitrogen and oxygen atoms in total. The third kappa shape index (κ3) is 5.51. The van der Waals surface area contributed by atoms with Gasteiger partial charge in [-0.05, 0) is 50.2 Å². The minimum Gasteiger partial charge on any atom is -0.324 e. The van der Waals surface area contributed by atoms with Crippen LogP contribution in [0.5, 0.6) is 0 Å². The summed E-state index contributed by atoms with van der Waals surface area (Å²) in [5, 5.41) is 0. The molecule has 0 radical (unpaired) electrons. The Bertz CT molecular complexity index is 341. The zero-order valence-electron chi connectivity index (χ0n) is 11.5. The molecule has 0 bridgehead atoms. The van der Waals surface area contributed by atoms with Crippen LogP contribution in [0.1, 0.15) is 44.7 Å². The molecule has 0 spiro atoms. The maximum atomic E-state index is 6.25. The highest BCUT2D eigenvalue weighted by molar-refractivity contribution is 9.10. The average Bonchev–Trinajstić information content (AvgIpc) is 2.38. The molecular weight excluding hydrogens is 288 g/mol. The van der Waals surface area contributed by atoms with Crippen LogP contribution in [0.3, 0.4) is 0 Å². The van der Waals surface area contributed by atoms with Crippen molar-refractivity contribution in [2.24, 2.45) is 5.73 Å². The van der Waals surface area contributed by atoms with E-state index in [-0.39, 0.29) is 6.04 Å². The van der Waals surface area contributed by atoms with Crippen LogP contribution in [0.25, 0.3) is 0 Å². The predicted molar refractivity (Wildman–Crippen MR) is 82.7 cm³/mol. The number of hydrogen-bond donors (Lipinski definition) is 1. The van der Waals surface area contributed by atoms with Crippen molar-refractivity contribution < 1.29 is 0 Å². The van der Waals surface area contributed by atoms with Crippen molar-refractivity contribution >= 4 is 15.9 Å². The zero-order chi connectivity index (χ0) is 13.4. The number of hydrogen-bond acceptors (Lipinski definition) is 2. The molecule has 0 aliphatic carbocycles. The molecule has 1 aromatic carbocycles. The van der Waals surface area contributed by atoms with E-state index in [2.05, 4.69) is 46.8 Å². The Hall–Kier alpha value is -0.380. The van der Waals surface area contributed by atoms with Gasteiger partial charge in [0.1, 0.15) is 0 Å². The average molecular weight is 313 g/mol. The van der Waals surface area contributed by atoms with Gasteiger partial charge in [0.2, 0.25) is 0 Å². The maximum Gasteiger partial charge on any atom is 0.0307 e. The summed E-state index contributed by atoms with van der Waals surface area (Å²) < 4.78 is 1.11. The van der Waals surface area contributed by atoms with Gasteiger partial charge >= 0.3 is 0 Å². The minimum absolute atomic E-state index is 0.137. The lowest BCUT2D eigenvalue weighted by Gasteiger charge is -2.22. The second-order valence-corrected chi connectivity index (χ2v) is 5.65. The molecule has 1 atom stereocenters. The first-order valence-corrected chi connectivity index (χ1v) is 7.70. The third-order valence-corrected chi connectivity index (χ3v) is 3.80.